The first kappa shape index (κ1) is 41.2. The highest BCUT2D eigenvalue weighted by atomic mass is 16.6. The SMILES string of the molecule is CC.[B]C([B])(c1cccc(C(=O)N(C)C)[n+]1OC)N1CCC(n2ncc3c2CN(C)c2c(NC(/C=C(\N)NC(=O)C4CC4)=C(/N)C(=O)NC4CC4)cccc2-3)CC1. The van der Waals surface area contributed by atoms with E-state index >= 15 is 0 Å². The Morgan fingerprint density at radius 1 is 1.00 bits per heavy atom. The Kier molecular flexibility index (Phi) is 12.3. The lowest BCUT2D eigenvalue weighted by atomic mass is 9.58. The van der Waals surface area contributed by atoms with E-state index in [2.05, 4.69) is 25.5 Å². The Bertz CT molecular complexity index is 2060. The average Bonchev–Trinajstić information content (AvgIpc) is 4.16. The van der Waals surface area contributed by atoms with Crippen molar-refractivity contribution in [2.24, 2.45) is 17.4 Å². The van der Waals surface area contributed by atoms with Crippen LogP contribution in [-0.4, -0.2) is 100 Å². The quantitative estimate of drug-likeness (QED) is 0.0785. The predicted molar refractivity (Wildman–Crippen MR) is 220 cm³/mol. The summed E-state index contributed by atoms with van der Waals surface area (Å²) in [6, 6.07) is 11.3. The first-order chi connectivity index (χ1) is 27.3. The molecule has 0 atom stereocenters. The lowest BCUT2D eigenvalue weighted by molar-refractivity contribution is -0.893. The van der Waals surface area contributed by atoms with E-state index in [1.165, 1.54) is 22.8 Å². The lowest BCUT2D eigenvalue weighted by Crippen LogP contribution is -2.61. The van der Waals surface area contributed by atoms with E-state index in [0.717, 1.165) is 61.0 Å². The Morgan fingerprint density at radius 2 is 1.68 bits per heavy atom. The molecule has 2 aromatic heterocycles. The van der Waals surface area contributed by atoms with E-state index in [9.17, 15) is 14.4 Å². The van der Waals surface area contributed by atoms with Crippen molar-refractivity contribution in [2.45, 2.75) is 76.3 Å². The van der Waals surface area contributed by atoms with Gasteiger partial charge in [0.1, 0.15) is 18.6 Å². The summed E-state index contributed by atoms with van der Waals surface area (Å²) in [6.07, 6.45) is 8.38. The van der Waals surface area contributed by atoms with E-state index in [4.69, 9.17) is 37.1 Å². The number of allylic oxidation sites excluding steroid dienone is 1. The summed E-state index contributed by atoms with van der Waals surface area (Å²) in [5.41, 5.74) is 18.4. The second-order valence-electron chi connectivity index (χ2n) is 15.1. The van der Waals surface area contributed by atoms with Crippen molar-refractivity contribution in [3.63, 3.8) is 0 Å². The molecule has 3 fully saturated rings. The maximum atomic E-state index is 13.1. The number of hydrogen-bond donors (Lipinski definition) is 5. The first-order valence-electron chi connectivity index (χ1n) is 19.7. The molecule has 15 nitrogen and oxygen atoms in total. The molecule has 3 aromatic rings. The second-order valence-corrected chi connectivity index (χ2v) is 15.1. The topological polar surface area (TPSA) is 180 Å². The zero-order valence-electron chi connectivity index (χ0n) is 33.8. The third-order valence-corrected chi connectivity index (χ3v) is 10.7. The average molecular weight is 775 g/mol. The van der Waals surface area contributed by atoms with Crippen molar-refractivity contribution in [1.29, 1.82) is 0 Å². The van der Waals surface area contributed by atoms with Gasteiger partial charge in [-0.3, -0.25) is 23.9 Å². The molecule has 0 bridgehead atoms. The summed E-state index contributed by atoms with van der Waals surface area (Å²) in [5.74, 6) is -0.718. The van der Waals surface area contributed by atoms with Gasteiger partial charge in [-0.25, -0.2) is 0 Å². The van der Waals surface area contributed by atoms with Gasteiger partial charge in [0, 0.05) is 72.5 Å². The molecule has 2 aliphatic heterocycles. The van der Waals surface area contributed by atoms with E-state index in [-0.39, 0.29) is 47.0 Å². The molecule has 0 unspecified atom stereocenters. The summed E-state index contributed by atoms with van der Waals surface area (Å²) in [5, 5.41) is 12.5. The standard InChI is InChI=1S/C38H47B2N11O4.C2H6/c1-47(2)37(54)29-9-6-10-31(51(29)55-4)38(39,40)49-17-15-24(16-18-49)50-30-21-48(3)34-25(26(30)20-43-50)7-5-8-27(34)45-28(33(42)36(53)44-23-13-14-23)19-32(41)46-35(52)22-11-12-22;1-2/h5-10,19-20,22-24,42H,11-18,21H2,1-4H3,(H5,41,44,45,46,52,53,54);1-2H3/p+1. The molecule has 1 saturated heterocycles. The molecule has 0 spiro atoms. The predicted octanol–water partition coefficient (Wildman–Crippen LogP) is 1.55. The third kappa shape index (κ3) is 8.63. The number of carbonyl (C=O) groups is 3. The molecule has 2 aliphatic carbocycles. The molecule has 2 saturated carbocycles. The molecular formula is C40H54B2N11O4+. The highest BCUT2D eigenvalue weighted by molar-refractivity contribution is 6.39. The number of piperidine rings is 1. The van der Waals surface area contributed by atoms with Crippen LogP contribution in [0.1, 0.15) is 80.3 Å². The van der Waals surface area contributed by atoms with Crippen LogP contribution in [0.3, 0.4) is 0 Å². The van der Waals surface area contributed by atoms with Crippen molar-refractivity contribution in [1.82, 2.24) is 30.2 Å². The minimum atomic E-state index is -1.41. The number of rotatable bonds is 12. The maximum absolute atomic E-state index is 13.1. The number of aromatic nitrogens is 3. The first-order valence-corrected chi connectivity index (χ1v) is 19.7. The minimum Gasteiger partial charge on any atom is -0.393 e. The molecule has 7 N–H and O–H groups in total. The lowest BCUT2D eigenvalue weighted by Gasteiger charge is -2.42. The highest BCUT2D eigenvalue weighted by Gasteiger charge is 2.41. The van der Waals surface area contributed by atoms with Gasteiger partial charge in [-0.1, -0.05) is 26.0 Å². The third-order valence-electron chi connectivity index (χ3n) is 10.7. The van der Waals surface area contributed by atoms with Crippen LogP contribution in [0.5, 0.6) is 0 Å². The molecule has 3 amide bonds. The number of carbonyl (C=O) groups excluding carboxylic acids is 3. The van der Waals surface area contributed by atoms with Gasteiger partial charge in [0.15, 0.2) is 0 Å². The molecule has 1 aromatic carbocycles. The number of nitrogens with zero attached hydrogens (tertiary/aromatic N) is 6. The van der Waals surface area contributed by atoms with Gasteiger partial charge in [0.2, 0.25) is 11.6 Å². The molecule has 4 radical (unpaired) electrons. The number of anilines is 2. The van der Waals surface area contributed by atoms with E-state index in [0.29, 0.717) is 36.7 Å². The fourth-order valence-corrected chi connectivity index (χ4v) is 7.40. The van der Waals surface area contributed by atoms with Gasteiger partial charge in [-0.2, -0.15) is 5.10 Å². The summed E-state index contributed by atoms with van der Waals surface area (Å²) in [7, 11) is 20.5. The monoisotopic (exact) mass is 774 g/mol. The number of nitrogens with one attached hydrogen (secondary N) is 3. The summed E-state index contributed by atoms with van der Waals surface area (Å²) < 4.78 is 3.52. The van der Waals surface area contributed by atoms with Crippen LogP contribution < -0.4 is 41.9 Å². The fraction of sp³-hybridized carbons (Fsp3) is 0.475. The number of para-hydroxylation sites is 1. The van der Waals surface area contributed by atoms with Crippen molar-refractivity contribution >= 4 is 44.8 Å². The van der Waals surface area contributed by atoms with Gasteiger partial charge in [0.25, 0.3) is 5.91 Å². The van der Waals surface area contributed by atoms with E-state index in [1.54, 1.807) is 32.3 Å². The Morgan fingerprint density at radius 3 is 2.32 bits per heavy atom. The van der Waals surface area contributed by atoms with Gasteiger partial charge in [0.05, 0.1) is 57.2 Å². The summed E-state index contributed by atoms with van der Waals surface area (Å²) in [4.78, 5) is 49.7. The van der Waals surface area contributed by atoms with Crippen LogP contribution in [0.15, 0.2) is 65.9 Å². The number of pyridine rings is 1. The van der Waals surface area contributed by atoms with Crippen LogP contribution in [0.2, 0.25) is 0 Å². The molecule has 7 rings (SSSR count). The highest BCUT2D eigenvalue weighted by Crippen LogP contribution is 2.44. The van der Waals surface area contributed by atoms with Crippen molar-refractivity contribution in [2.75, 3.05) is 51.6 Å². The van der Waals surface area contributed by atoms with Gasteiger partial charge < -0.3 is 42.1 Å². The Labute approximate surface area is 337 Å². The molecule has 4 heterocycles. The zero-order valence-corrected chi connectivity index (χ0v) is 33.8. The number of amides is 3. The van der Waals surface area contributed by atoms with Gasteiger partial charge in [-0.05, 0) is 63.7 Å². The molecule has 17 heteroatoms. The smallest absolute Gasteiger partial charge is 0.323 e. The zero-order chi connectivity index (χ0) is 41.2. The van der Waals surface area contributed by atoms with E-state index in [1.807, 2.05) is 50.2 Å². The number of fused-ring (bicyclic) bond motifs is 3. The number of hydrogen-bond acceptors (Lipinski definition) is 10. The summed E-state index contributed by atoms with van der Waals surface area (Å²) >= 11 is 0. The Hall–Kier alpha value is -5.44. The molecule has 4 aliphatic rings. The Balaban J connectivity index is 0.00000270. The van der Waals surface area contributed by atoms with Crippen molar-refractivity contribution in [3.8, 4) is 11.1 Å². The van der Waals surface area contributed by atoms with Crippen molar-refractivity contribution in [3.05, 3.63) is 83.0 Å². The largest absolute Gasteiger partial charge is 0.393 e. The van der Waals surface area contributed by atoms with Crippen LogP contribution in [0.25, 0.3) is 11.1 Å². The number of benzene rings is 1. The van der Waals surface area contributed by atoms with E-state index < -0.39 is 11.2 Å². The van der Waals surface area contributed by atoms with Gasteiger partial charge in [-0.15, -0.1) is 0 Å². The molecular weight excluding hydrogens is 720 g/mol. The minimum absolute atomic E-state index is 0.0304. The number of nitrogens with two attached hydrogens (primary N) is 2. The molecule has 298 valence electrons. The van der Waals surface area contributed by atoms with Crippen molar-refractivity contribution < 1.29 is 24.0 Å². The van der Waals surface area contributed by atoms with Crippen LogP contribution in [0.4, 0.5) is 11.4 Å². The van der Waals surface area contributed by atoms with Crippen LogP contribution >= 0.6 is 0 Å². The van der Waals surface area contributed by atoms with Crippen LogP contribution in [-0.2, 0) is 21.5 Å². The second kappa shape index (κ2) is 17.0. The van der Waals surface area contributed by atoms with Gasteiger partial charge >= 0.3 is 11.6 Å². The molecule has 57 heavy (non-hydrogen) atoms. The normalized spacial score (nSPS) is 17.6. The number of likely N-dealkylation sites (tertiary alicyclic amines) is 1. The fourth-order valence-electron chi connectivity index (χ4n) is 7.40. The van der Waals surface area contributed by atoms with Crippen LogP contribution in [0, 0.1) is 5.92 Å². The maximum Gasteiger partial charge on any atom is 0.323 e. The summed E-state index contributed by atoms with van der Waals surface area (Å²) in [6.45, 7) is 5.75.